The molecule has 0 radical (unpaired) electrons. The molecular weight excluding hydrogens is 208 g/mol. The fourth-order valence-corrected chi connectivity index (χ4v) is 2.27. The smallest absolute Gasteiger partial charge is 0.244 e. The van der Waals surface area contributed by atoms with E-state index in [1.165, 1.54) is 11.3 Å². The van der Waals surface area contributed by atoms with Crippen molar-refractivity contribution >= 4 is 22.6 Å². The van der Waals surface area contributed by atoms with Crippen molar-refractivity contribution in [2.75, 3.05) is 18.0 Å². The average Bonchev–Trinajstić information content (AvgIpc) is 2.49. The van der Waals surface area contributed by atoms with Crippen LogP contribution in [0.3, 0.4) is 0 Å². The van der Waals surface area contributed by atoms with Gasteiger partial charge >= 0.3 is 0 Å². The highest BCUT2D eigenvalue weighted by Crippen LogP contribution is 2.32. The van der Waals surface area contributed by atoms with Gasteiger partial charge in [0.25, 0.3) is 0 Å². The normalized spacial score (nSPS) is 17.2. The minimum atomic E-state index is -2.23. The van der Waals surface area contributed by atoms with Crippen LogP contribution in [0.5, 0.6) is 0 Å². The van der Waals surface area contributed by atoms with Crippen molar-refractivity contribution in [1.29, 1.82) is 0 Å². The van der Waals surface area contributed by atoms with Crippen molar-refractivity contribution in [1.82, 2.24) is 0 Å². The highest BCUT2D eigenvalue weighted by atomic mass is 32.1. The van der Waals surface area contributed by atoms with E-state index in [1.54, 1.807) is 12.1 Å². The summed E-state index contributed by atoms with van der Waals surface area (Å²) in [6.07, 6.45) is -1.45. The lowest BCUT2D eigenvalue weighted by Crippen LogP contribution is -2.49. The van der Waals surface area contributed by atoms with Crippen LogP contribution in [0.1, 0.15) is 9.67 Å². The van der Waals surface area contributed by atoms with Crippen molar-refractivity contribution in [3.63, 3.8) is 0 Å². The molecule has 0 N–H and O–H groups in total. The molecular formula is C9H9F2NOS. The fourth-order valence-electron chi connectivity index (χ4n) is 1.43. The van der Waals surface area contributed by atoms with Gasteiger partial charge in [0.05, 0.1) is 15.8 Å². The number of rotatable bonds is 3. The average molecular weight is 217 g/mol. The van der Waals surface area contributed by atoms with E-state index in [0.29, 0.717) is 18.0 Å². The van der Waals surface area contributed by atoms with Gasteiger partial charge in [-0.2, -0.15) is 0 Å². The Bertz CT molecular complexity index is 333. The second-order valence-corrected chi connectivity index (χ2v) is 4.39. The maximum atomic E-state index is 12.2. The first-order valence-corrected chi connectivity index (χ1v) is 5.10. The molecule has 76 valence electrons. The minimum Gasteiger partial charge on any atom is -0.362 e. The Morgan fingerprint density at radius 2 is 2.21 bits per heavy atom. The molecule has 1 aliphatic rings. The summed E-state index contributed by atoms with van der Waals surface area (Å²) < 4.78 is 24.3. The van der Waals surface area contributed by atoms with E-state index in [4.69, 9.17) is 0 Å². The van der Waals surface area contributed by atoms with Crippen LogP contribution in [0.15, 0.2) is 12.1 Å². The van der Waals surface area contributed by atoms with Gasteiger partial charge in [-0.05, 0) is 12.1 Å². The number of thiophene rings is 1. The molecule has 0 spiro atoms. The molecule has 0 atom stereocenters. The summed E-state index contributed by atoms with van der Waals surface area (Å²) in [5.74, 6) is -0.503. The SMILES string of the molecule is O=Cc1ccc(N2CC(C(F)F)C2)s1. The van der Waals surface area contributed by atoms with E-state index in [-0.39, 0.29) is 0 Å². The highest BCUT2D eigenvalue weighted by molar-refractivity contribution is 7.17. The monoisotopic (exact) mass is 217 g/mol. The number of hydrogen-bond donors (Lipinski definition) is 0. The molecule has 1 aromatic heterocycles. The van der Waals surface area contributed by atoms with Crippen LogP contribution >= 0.6 is 11.3 Å². The molecule has 1 fully saturated rings. The van der Waals surface area contributed by atoms with Crippen LogP contribution in [-0.2, 0) is 0 Å². The summed E-state index contributed by atoms with van der Waals surface area (Å²) in [6.45, 7) is 0.799. The molecule has 1 aliphatic heterocycles. The van der Waals surface area contributed by atoms with Crippen LogP contribution in [0, 0.1) is 5.92 Å². The maximum Gasteiger partial charge on any atom is 0.244 e. The Hall–Kier alpha value is -0.970. The maximum absolute atomic E-state index is 12.2. The van der Waals surface area contributed by atoms with Gasteiger partial charge in [0.2, 0.25) is 6.43 Å². The van der Waals surface area contributed by atoms with Gasteiger partial charge in [-0.1, -0.05) is 0 Å². The number of aldehydes is 1. The quantitative estimate of drug-likeness (QED) is 0.724. The molecule has 14 heavy (non-hydrogen) atoms. The predicted molar refractivity (Wildman–Crippen MR) is 51.4 cm³/mol. The number of alkyl halides is 2. The summed E-state index contributed by atoms with van der Waals surface area (Å²) >= 11 is 1.34. The number of carbonyl (C=O) groups excluding carboxylic acids is 1. The molecule has 2 rings (SSSR count). The molecule has 0 amide bonds. The summed E-state index contributed by atoms with van der Waals surface area (Å²) in [6, 6.07) is 3.51. The number of carbonyl (C=O) groups is 1. The lowest BCUT2D eigenvalue weighted by atomic mass is 10.0. The Kier molecular flexibility index (Phi) is 2.50. The van der Waals surface area contributed by atoms with E-state index in [0.717, 1.165) is 11.3 Å². The van der Waals surface area contributed by atoms with E-state index >= 15 is 0 Å². The van der Waals surface area contributed by atoms with Gasteiger partial charge in [-0.25, -0.2) is 8.78 Å². The Morgan fingerprint density at radius 1 is 1.50 bits per heavy atom. The third-order valence-corrected chi connectivity index (χ3v) is 3.38. The van der Waals surface area contributed by atoms with Gasteiger partial charge in [0.15, 0.2) is 6.29 Å². The lowest BCUT2D eigenvalue weighted by Gasteiger charge is -2.39. The molecule has 1 aromatic rings. The standard InChI is InChI=1S/C9H9F2NOS/c10-9(11)6-3-12(4-6)8-2-1-7(5-13)14-8/h1-2,5-6,9H,3-4H2. The van der Waals surface area contributed by atoms with E-state index < -0.39 is 12.3 Å². The number of anilines is 1. The third-order valence-electron chi connectivity index (χ3n) is 2.31. The van der Waals surface area contributed by atoms with Crippen molar-refractivity contribution in [2.24, 2.45) is 5.92 Å². The molecule has 0 aromatic carbocycles. The van der Waals surface area contributed by atoms with Crippen LogP contribution in [0.25, 0.3) is 0 Å². The van der Waals surface area contributed by atoms with E-state index in [1.807, 2.05) is 4.90 Å². The molecule has 2 nitrogen and oxygen atoms in total. The lowest BCUT2D eigenvalue weighted by molar-refractivity contribution is 0.0616. The van der Waals surface area contributed by atoms with Gasteiger partial charge in [0, 0.05) is 13.1 Å². The molecule has 1 saturated heterocycles. The molecule has 0 unspecified atom stereocenters. The van der Waals surface area contributed by atoms with Crippen molar-refractivity contribution in [3.05, 3.63) is 17.0 Å². The number of halogens is 2. The zero-order valence-electron chi connectivity index (χ0n) is 7.32. The first kappa shape index (κ1) is 9.58. The first-order valence-electron chi connectivity index (χ1n) is 4.29. The van der Waals surface area contributed by atoms with Crippen LogP contribution in [-0.4, -0.2) is 25.8 Å². The van der Waals surface area contributed by atoms with E-state index in [2.05, 4.69) is 0 Å². The van der Waals surface area contributed by atoms with Crippen LogP contribution in [0.4, 0.5) is 13.8 Å². The van der Waals surface area contributed by atoms with Crippen LogP contribution < -0.4 is 4.90 Å². The van der Waals surface area contributed by atoms with Crippen molar-refractivity contribution < 1.29 is 13.6 Å². The van der Waals surface area contributed by atoms with Crippen molar-refractivity contribution in [2.45, 2.75) is 6.43 Å². The number of nitrogens with zero attached hydrogens (tertiary/aromatic N) is 1. The summed E-state index contributed by atoms with van der Waals surface area (Å²) in [4.78, 5) is 12.9. The van der Waals surface area contributed by atoms with Crippen molar-refractivity contribution in [3.8, 4) is 0 Å². The second-order valence-electron chi connectivity index (χ2n) is 3.29. The first-order chi connectivity index (χ1) is 6.70. The summed E-state index contributed by atoms with van der Waals surface area (Å²) in [5.41, 5.74) is 0. The molecule has 2 heterocycles. The van der Waals surface area contributed by atoms with E-state index in [9.17, 15) is 13.6 Å². The molecule has 0 saturated carbocycles. The Morgan fingerprint density at radius 3 is 2.71 bits per heavy atom. The Labute approximate surface area is 84.1 Å². The van der Waals surface area contributed by atoms with Crippen LogP contribution in [0.2, 0.25) is 0 Å². The second kappa shape index (κ2) is 3.65. The highest BCUT2D eigenvalue weighted by Gasteiger charge is 2.34. The molecule has 5 heteroatoms. The Balaban J connectivity index is 1.96. The zero-order chi connectivity index (χ0) is 10.1. The summed E-state index contributed by atoms with van der Waals surface area (Å²) in [5, 5.41) is 0.906. The van der Waals surface area contributed by atoms with Gasteiger partial charge in [-0.15, -0.1) is 11.3 Å². The summed E-state index contributed by atoms with van der Waals surface area (Å²) in [7, 11) is 0. The zero-order valence-corrected chi connectivity index (χ0v) is 8.14. The molecule has 0 aliphatic carbocycles. The third kappa shape index (κ3) is 1.64. The largest absolute Gasteiger partial charge is 0.362 e. The minimum absolute atomic E-state index is 0.399. The fraction of sp³-hybridized carbons (Fsp3) is 0.444. The topological polar surface area (TPSA) is 20.3 Å². The number of hydrogen-bond acceptors (Lipinski definition) is 3. The van der Waals surface area contributed by atoms with Gasteiger partial charge in [-0.3, -0.25) is 4.79 Å². The molecule has 0 bridgehead atoms. The van der Waals surface area contributed by atoms with Gasteiger partial charge < -0.3 is 4.90 Å². The van der Waals surface area contributed by atoms with Gasteiger partial charge in [0.1, 0.15) is 0 Å². The predicted octanol–water partition coefficient (Wildman–Crippen LogP) is 2.26.